The summed E-state index contributed by atoms with van der Waals surface area (Å²) < 4.78 is 11.2. The lowest BCUT2D eigenvalue weighted by atomic mass is 9.80. The van der Waals surface area contributed by atoms with E-state index < -0.39 is 0 Å². The summed E-state index contributed by atoms with van der Waals surface area (Å²) in [7, 11) is 1.77. The largest absolute Gasteiger partial charge is 0.475 e. The standard InChI is InChI=1S/C14H23N3O2/c1-10(2)19-12-8-11(3)16-13(17-12)15-9-14(18-4)6-5-7-14/h8,10H,5-7,9H2,1-4H3,(H,15,16,17). The highest BCUT2D eigenvalue weighted by Crippen LogP contribution is 2.34. The molecule has 1 aliphatic carbocycles. The second-order valence-corrected chi connectivity index (χ2v) is 5.43. The zero-order valence-corrected chi connectivity index (χ0v) is 12.2. The van der Waals surface area contributed by atoms with Gasteiger partial charge in [-0.25, -0.2) is 4.98 Å². The van der Waals surface area contributed by atoms with Crippen LogP contribution in [0.1, 0.15) is 38.8 Å². The molecule has 0 spiro atoms. The van der Waals surface area contributed by atoms with Crippen LogP contribution in [0.3, 0.4) is 0 Å². The number of nitrogens with zero attached hydrogens (tertiary/aromatic N) is 2. The van der Waals surface area contributed by atoms with E-state index in [1.807, 2.05) is 26.8 Å². The minimum Gasteiger partial charge on any atom is -0.475 e. The Balaban J connectivity index is 2.01. The minimum atomic E-state index is -0.0355. The number of rotatable bonds is 6. The average molecular weight is 265 g/mol. The Morgan fingerprint density at radius 2 is 2.11 bits per heavy atom. The van der Waals surface area contributed by atoms with E-state index in [-0.39, 0.29) is 11.7 Å². The van der Waals surface area contributed by atoms with Gasteiger partial charge in [-0.05, 0) is 40.0 Å². The highest BCUT2D eigenvalue weighted by molar-refractivity contribution is 5.31. The van der Waals surface area contributed by atoms with E-state index in [1.54, 1.807) is 7.11 Å². The fraction of sp³-hybridized carbons (Fsp3) is 0.714. The Morgan fingerprint density at radius 3 is 2.63 bits per heavy atom. The van der Waals surface area contributed by atoms with Crippen molar-refractivity contribution in [2.45, 2.75) is 51.7 Å². The van der Waals surface area contributed by atoms with E-state index in [0.29, 0.717) is 11.8 Å². The third-order valence-corrected chi connectivity index (χ3v) is 3.45. The average Bonchev–Trinajstić information content (AvgIpc) is 2.26. The molecule has 1 saturated carbocycles. The molecule has 0 atom stereocenters. The molecule has 1 heterocycles. The van der Waals surface area contributed by atoms with Gasteiger partial charge < -0.3 is 14.8 Å². The van der Waals surface area contributed by atoms with Gasteiger partial charge in [0.15, 0.2) is 0 Å². The van der Waals surface area contributed by atoms with Gasteiger partial charge in [-0.2, -0.15) is 4.98 Å². The van der Waals surface area contributed by atoms with Crippen LogP contribution in [0.5, 0.6) is 5.88 Å². The first-order chi connectivity index (χ1) is 9.03. The second-order valence-electron chi connectivity index (χ2n) is 5.43. The Morgan fingerprint density at radius 1 is 1.37 bits per heavy atom. The van der Waals surface area contributed by atoms with Crippen molar-refractivity contribution >= 4 is 5.95 Å². The maximum atomic E-state index is 5.61. The molecule has 5 heteroatoms. The molecule has 1 aliphatic rings. The molecule has 1 aromatic rings. The molecule has 0 unspecified atom stereocenters. The Labute approximate surface area is 114 Å². The van der Waals surface area contributed by atoms with Crippen LogP contribution in [-0.4, -0.2) is 35.3 Å². The van der Waals surface area contributed by atoms with Crippen LogP contribution in [0.4, 0.5) is 5.95 Å². The molecule has 0 bridgehead atoms. The summed E-state index contributed by atoms with van der Waals surface area (Å²) in [5.74, 6) is 1.23. The number of hydrogen-bond acceptors (Lipinski definition) is 5. The molecular weight excluding hydrogens is 242 g/mol. The summed E-state index contributed by atoms with van der Waals surface area (Å²) >= 11 is 0. The molecule has 106 valence electrons. The first-order valence-electron chi connectivity index (χ1n) is 6.84. The van der Waals surface area contributed by atoms with Gasteiger partial charge in [0.25, 0.3) is 0 Å². The first kappa shape index (κ1) is 14.1. The molecule has 0 aliphatic heterocycles. The van der Waals surface area contributed by atoms with Gasteiger partial charge in [-0.1, -0.05) is 0 Å². The zero-order chi connectivity index (χ0) is 13.9. The molecule has 0 amide bonds. The molecule has 2 rings (SSSR count). The van der Waals surface area contributed by atoms with Crippen molar-refractivity contribution in [2.75, 3.05) is 19.0 Å². The van der Waals surface area contributed by atoms with E-state index in [2.05, 4.69) is 15.3 Å². The number of nitrogens with one attached hydrogen (secondary N) is 1. The number of aromatic nitrogens is 2. The maximum Gasteiger partial charge on any atom is 0.226 e. The van der Waals surface area contributed by atoms with Gasteiger partial charge in [0.1, 0.15) is 0 Å². The van der Waals surface area contributed by atoms with Gasteiger partial charge >= 0.3 is 0 Å². The number of methoxy groups -OCH3 is 1. The quantitative estimate of drug-likeness (QED) is 0.856. The molecule has 0 saturated heterocycles. The summed E-state index contributed by atoms with van der Waals surface area (Å²) in [6, 6.07) is 1.85. The van der Waals surface area contributed by atoms with Gasteiger partial charge in [-0.3, -0.25) is 0 Å². The van der Waals surface area contributed by atoms with Gasteiger partial charge in [-0.15, -0.1) is 0 Å². The lowest BCUT2D eigenvalue weighted by Crippen LogP contribution is -2.45. The van der Waals surface area contributed by atoms with Gasteiger partial charge in [0.05, 0.1) is 11.7 Å². The van der Waals surface area contributed by atoms with E-state index in [0.717, 1.165) is 25.1 Å². The van der Waals surface area contributed by atoms with Crippen LogP contribution in [0.15, 0.2) is 6.07 Å². The predicted molar refractivity (Wildman–Crippen MR) is 74.6 cm³/mol. The normalized spacial score (nSPS) is 17.1. The fourth-order valence-corrected chi connectivity index (χ4v) is 2.18. The van der Waals surface area contributed by atoms with E-state index >= 15 is 0 Å². The first-order valence-corrected chi connectivity index (χ1v) is 6.84. The lowest BCUT2D eigenvalue weighted by molar-refractivity contribution is -0.0602. The highest BCUT2D eigenvalue weighted by atomic mass is 16.5. The van der Waals surface area contributed by atoms with Crippen molar-refractivity contribution < 1.29 is 9.47 Å². The molecule has 5 nitrogen and oxygen atoms in total. The predicted octanol–water partition coefficient (Wildman–Crippen LogP) is 2.55. The van der Waals surface area contributed by atoms with Crippen molar-refractivity contribution in [3.8, 4) is 5.88 Å². The summed E-state index contributed by atoms with van der Waals surface area (Å²) in [5.41, 5.74) is 0.861. The molecule has 0 aromatic carbocycles. The molecule has 1 fully saturated rings. The van der Waals surface area contributed by atoms with Crippen molar-refractivity contribution in [2.24, 2.45) is 0 Å². The van der Waals surface area contributed by atoms with Crippen molar-refractivity contribution in [3.05, 3.63) is 11.8 Å². The molecule has 19 heavy (non-hydrogen) atoms. The van der Waals surface area contributed by atoms with Crippen LogP contribution >= 0.6 is 0 Å². The topological polar surface area (TPSA) is 56.3 Å². The summed E-state index contributed by atoms with van der Waals surface area (Å²) in [5, 5.41) is 3.27. The van der Waals surface area contributed by atoms with Crippen molar-refractivity contribution in [1.29, 1.82) is 0 Å². The maximum absolute atomic E-state index is 5.61. The Kier molecular flexibility index (Phi) is 4.24. The summed E-state index contributed by atoms with van der Waals surface area (Å²) in [6.45, 7) is 6.65. The van der Waals surface area contributed by atoms with E-state index in [9.17, 15) is 0 Å². The number of anilines is 1. The number of ether oxygens (including phenoxy) is 2. The smallest absolute Gasteiger partial charge is 0.226 e. The zero-order valence-electron chi connectivity index (χ0n) is 12.2. The van der Waals surface area contributed by atoms with E-state index in [1.165, 1.54) is 6.42 Å². The van der Waals surface area contributed by atoms with E-state index in [4.69, 9.17) is 9.47 Å². The lowest BCUT2D eigenvalue weighted by Gasteiger charge is -2.40. The molecular formula is C14H23N3O2. The second kappa shape index (κ2) is 5.74. The summed E-state index contributed by atoms with van der Waals surface area (Å²) in [4.78, 5) is 8.75. The molecule has 0 radical (unpaired) electrons. The fourth-order valence-electron chi connectivity index (χ4n) is 2.18. The van der Waals surface area contributed by atoms with Gasteiger partial charge in [0.2, 0.25) is 11.8 Å². The van der Waals surface area contributed by atoms with Crippen LogP contribution in [0.25, 0.3) is 0 Å². The SMILES string of the molecule is COC1(CNc2nc(C)cc(OC(C)C)n2)CCC1. The van der Waals surface area contributed by atoms with Gasteiger partial charge in [0, 0.05) is 25.4 Å². The third-order valence-electron chi connectivity index (χ3n) is 3.45. The number of aryl methyl sites for hydroxylation is 1. The molecule has 1 aromatic heterocycles. The minimum absolute atomic E-state index is 0.0355. The Hall–Kier alpha value is -1.36. The van der Waals surface area contributed by atoms with Crippen LogP contribution in [0, 0.1) is 6.92 Å². The monoisotopic (exact) mass is 265 g/mol. The van der Waals surface area contributed by atoms with Crippen LogP contribution in [-0.2, 0) is 4.74 Å². The van der Waals surface area contributed by atoms with Crippen molar-refractivity contribution in [1.82, 2.24) is 9.97 Å². The third kappa shape index (κ3) is 3.56. The van der Waals surface area contributed by atoms with Crippen LogP contribution < -0.4 is 10.1 Å². The van der Waals surface area contributed by atoms with Crippen molar-refractivity contribution in [3.63, 3.8) is 0 Å². The summed E-state index contributed by atoms with van der Waals surface area (Å²) in [6.07, 6.45) is 3.53. The number of hydrogen-bond donors (Lipinski definition) is 1. The van der Waals surface area contributed by atoms with Crippen LogP contribution in [0.2, 0.25) is 0 Å². The molecule has 1 N–H and O–H groups in total. The highest BCUT2D eigenvalue weighted by Gasteiger charge is 2.36. The Bertz CT molecular complexity index is 425.